The van der Waals surface area contributed by atoms with E-state index in [0.29, 0.717) is 5.56 Å². The average molecular weight is 435 g/mol. The van der Waals surface area contributed by atoms with Crippen molar-refractivity contribution >= 4 is 29.3 Å². The molecule has 7 nitrogen and oxygen atoms in total. The van der Waals surface area contributed by atoms with E-state index in [9.17, 15) is 27.9 Å². The van der Waals surface area contributed by atoms with Gasteiger partial charge in [-0.25, -0.2) is 4.90 Å². The molecule has 4 rings (SSSR count). The van der Waals surface area contributed by atoms with Crippen LogP contribution in [0.15, 0.2) is 58.2 Å². The van der Waals surface area contributed by atoms with Crippen LogP contribution in [0.25, 0.3) is 11.5 Å². The number of aromatic hydroxyl groups is 1. The van der Waals surface area contributed by atoms with Crippen molar-refractivity contribution in [1.82, 2.24) is 10.2 Å². The van der Waals surface area contributed by atoms with Gasteiger partial charge in [-0.2, -0.15) is 13.2 Å². The van der Waals surface area contributed by atoms with E-state index in [0.717, 1.165) is 34.9 Å². The van der Waals surface area contributed by atoms with Crippen LogP contribution in [-0.4, -0.2) is 32.4 Å². The first-order valence-electron chi connectivity index (χ1n) is 8.56. The molecule has 11 heteroatoms. The van der Waals surface area contributed by atoms with Crippen LogP contribution in [0.5, 0.6) is 5.75 Å². The number of hydrogen-bond acceptors (Lipinski definition) is 7. The topological polar surface area (TPSA) is 96.5 Å². The fraction of sp³-hybridized carbons (Fsp3) is 0.158. The molecule has 2 aromatic carbocycles. The Kier molecular flexibility index (Phi) is 4.98. The molecule has 0 saturated carbocycles. The van der Waals surface area contributed by atoms with Gasteiger partial charge in [-0.05, 0) is 30.3 Å². The minimum Gasteiger partial charge on any atom is -0.507 e. The first kappa shape index (κ1) is 20.0. The molecular weight excluding hydrogens is 423 g/mol. The van der Waals surface area contributed by atoms with E-state index in [1.165, 1.54) is 12.1 Å². The van der Waals surface area contributed by atoms with Gasteiger partial charge in [0.15, 0.2) is 0 Å². The molecule has 0 spiro atoms. The molecule has 1 fully saturated rings. The molecule has 0 bridgehead atoms. The van der Waals surface area contributed by atoms with Crippen LogP contribution in [0, 0.1) is 0 Å². The van der Waals surface area contributed by atoms with Crippen molar-refractivity contribution in [3.05, 3.63) is 54.1 Å². The fourth-order valence-electron chi connectivity index (χ4n) is 2.93. The number of nitrogens with zero attached hydrogens (tertiary/aromatic N) is 3. The van der Waals surface area contributed by atoms with Crippen LogP contribution in [0.1, 0.15) is 12.0 Å². The molecule has 1 aromatic heterocycles. The third kappa shape index (κ3) is 3.75. The third-order valence-corrected chi connectivity index (χ3v) is 5.34. The highest BCUT2D eigenvalue weighted by Crippen LogP contribution is 2.37. The summed E-state index contributed by atoms with van der Waals surface area (Å²) in [5.41, 5.74) is -0.805. The summed E-state index contributed by atoms with van der Waals surface area (Å²) in [5, 5.41) is 16.5. The summed E-state index contributed by atoms with van der Waals surface area (Å²) in [6.07, 6.45) is -4.83. The second-order valence-corrected chi connectivity index (χ2v) is 7.47. The van der Waals surface area contributed by atoms with Gasteiger partial charge in [0, 0.05) is 6.42 Å². The molecule has 1 saturated heterocycles. The predicted octanol–water partition coefficient (Wildman–Crippen LogP) is 3.89. The highest BCUT2D eigenvalue weighted by atomic mass is 32.2. The molecule has 1 unspecified atom stereocenters. The highest BCUT2D eigenvalue weighted by molar-refractivity contribution is 8.00. The maximum atomic E-state index is 12.9. The Labute approximate surface area is 171 Å². The Bertz CT molecular complexity index is 1130. The standard InChI is InChI=1S/C19H12F3N3O4S/c20-19(21,22)10-4-3-5-11(8-10)25-15(27)9-14(17(25)28)30-18-24-23-16(29-18)12-6-1-2-7-13(12)26/h1-8,14,26H,9H2. The maximum absolute atomic E-state index is 12.9. The van der Waals surface area contributed by atoms with E-state index >= 15 is 0 Å². The summed E-state index contributed by atoms with van der Waals surface area (Å²) in [4.78, 5) is 25.7. The van der Waals surface area contributed by atoms with Gasteiger partial charge in [-0.15, -0.1) is 10.2 Å². The third-order valence-electron chi connectivity index (χ3n) is 4.32. The van der Waals surface area contributed by atoms with E-state index in [-0.39, 0.29) is 29.0 Å². The lowest BCUT2D eigenvalue weighted by Crippen LogP contribution is -2.31. The predicted molar refractivity (Wildman–Crippen MR) is 99.6 cm³/mol. The molecule has 2 heterocycles. The lowest BCUT2D eigenvalue weighted by Gasteiger charge is -2.16. The Balaban J connectivity index is 1.54. The number of alkyl halides is 3. The number of carbonyl (C=O) groups is 2. The van der Waals surface area contributed by atoms with Gasteiger partial charge >= 0.3 is 6.18 Å². The Morgan fingerprint density at radius 1 is 1.10 bits per heavy atom. The minimum absolute atomic E-state index is 0.00899. The number of benzene rings is 2. The fourth-order valence-corrected chi connectivity index (χ4v) is 3.82. The van der Waals surface area contributed by atoms with E-state index < -0.39 is 28.8 Å². The second kappa shape index (κ2) is 7.48. The highest BCUT2D eigenvalue weighted by Gasteiger charge is 2.42. The zero-order valence-electron chi connectivity index (χ0n) is 15.0. The van der Waals surface area contributed by atoms with Crippen molar-refractivity contribution in [3.63, 3.8) is 0 Å². The molecule has 2 amide bonds. The molecule has 1 aliphatic heterocycles. The number of rotatable bonds is 4. The van der Waals surface area contributed by atoms with Crippen LogP contribution in [0.3, 0.4) is 0 Å². The zero-order valence-corrected chi connectivity index (χ0v) is 15.8. The maximum Gasteiger partial charge on any atom is 0.416 e. The van der Waals surface area contributed by atoms with Crippen LogP contribution in [0.4, 0.5) is 18.9 Å². The van der Waals surface area contributed by atoms with Gasteiger partial charge in [0.05, 0.1) is 16.8 Å². The normalized spacial score (nSPS) is 17.0. The number of para-hydroxylation sites is 1. The smallest absolute Gasteiger partial charge is 0.416 e. The number of phenols is 1. The second-order valence-electron chi connectivity index (χ2n) is 6.32. The number of carbonyl (C=O) groups excluding carboxylic acids is 2. The number of thioether (sulfide) groups is 1. The van der Waals surface area contributed by atoms with E-state index in [1.54, 1.807) is 18.2 Å². The molecule has 3 aromatic rings. The molecule has 0 radical (unpaired) electrons. The SMILES string of the molecule is O=C1CC(Sc2nnc(-c3ccccc3O)o2)C(=O)N1c1cccc(C(F)(F)F)c1. The van der Waals surface area contributed by atoms with E-state index in [2.05, 4.69) is 10.2 Å². The molecule has 154 valence electrons. The van der Waals surface area contributed by atoms with Crippen molar-refractivity contribution in [3.8, 4) is 17.2 Å². The number of imide groups is 1. The van der Waals surface area contributed by atoms with Crippen LogP contribution < -0.4 is 4.90 Å². The summed E-state index contributed by atoms with van der Waals surface area (Å²) in [6.45, 7) is 0. The summed E-state index contributed by atoms with van der Waals surface area (Å²) in [5.74, 6) is -1.34. The molecule has 1 atom stereocenters. The molecular formula is C19H12F3N3O4S. The quantitative estimate of drug-likeness (QED) is 0.621. The summed E-state index contributed by atoms with van der Waals surface area (Å²) in [7, 11) is 0. The van der Waals surface area contributed by atoms with Gasteiger partial charge in [-0.3, -0.25) is 9.59 Å². The van der Waals surface area contributed by atoms with Crippen molar-refractivity contribution < 1.29 is 32.3 Å². The number of amides is 2. The average Bonchev–Trinajstić information content (AvgIpc) is 3.26. The Morgan fingerprint density at radius 2 is 1.87 bits per heavy atom. The van der Waals surface area contributed by atoms with Gasteiger partial charge in [0.2, 0.25) is 11.8 Å². The lowest BCUT2D eigenvalue weighted by molar-refractivity contribution is -0.137. The van der Waals surface area contributed by atoms with Gasteiger partial charge in [0.1, 0.15) is 11.0 Å². The number of phenolic OH excluding ortho intramolecular Hbond substituents is 1. The van der Waals surface area contributed by atoms with Crippen molar-refractivity contribution in [1.29, 1.82) is 0 Å². The number of anilines is 1. The minimum atomic E-state index is -4.60. The summed E-state index contributed by atoms with van der Waals surface area (Å²) in [6, 6.07) is 10.3. The van der Waals surface area contributed by atoms with E-state index in [1.807, 2.05) is 0 Å². The number of hydrogen-bond donors (Lipinski definition) is 1. The monoisotopic (exact) mass is 435 g/mol. The van der Waals surface area contributed by atoms with Gasteiger partial charge < -0.3 is 9.52 Å². The van der Waals surface area contributed by atoms with E-state index in [4.69, 9.17) is 4.42 Å². The Hall–Kier alpha value is -3.34. The Morgan fingerprint density at radius 3 is 2.60 bits per heavy atom. The summed E-state index contributed by atoms with van der Waals surface area (Å²) < 4.78 is 44.3. The molecule has 1 N–H and O–H groups in total. The van der Waals surface area contributed by atoms with Crippen molar-refractivity contribution in [2.75, 3.05) is 4.90 Å². The van der Waals surface area contributed by atoms with Crippen LogP contribution >= 0.6 is 11.8 Å². The largest absolute Gasteiger partial charge is 0.507 e. The van der Waals surface area contributed by atoms with Crippen molar-refractivity contribution in [2.24, 2.45) is 0 Å². The van der Waals surface area contributed by atoms with Crippen LogP contribution in [0.2, 0.25) is 0 Å². The zero-order chi connectivity index (χ0) is 21.5. The first-order valence-corrected chi connectivity index (χ1v) is 9.44. The van der Waals surface area contributed by atoms with Gasteiger partial charge in [-0.1, -0.05) is 30.0 Å². The van der Waals surface area contributed by atoms with Crippen molar-refractivity contribution in [2.45, 2.75) is 23.1 Å². The lowest BCUT2D eigenvalue weighted by atomic mass is 10.2. The first-order chi connectivity index (χ1) is 14.2. The molecule has 0 aliphatic carbocycles. The number of aromatic nitrogens is 2. The van der Waals surface area contributed by atoms with Crippen LogP contribution in [-0.2, 0) is 15.8 Å². The molecule has 1 aliphatic rings. The number of halogens is 3. The summed E-state index contributed by atoms with van der Waals surface area (Å²) >= 11 is 0.836. The van der Waals surface area contributed by atoms with Gasteiger partial charge in [0.25, 0.3) is 11.1 Å². The molecule has 30 heavy (non-hydrogen) atoms.